The van der Waals surface area contributed by atoms with Crippen LogP contribution in [0.3, 0.4) is 0 Å². The average molecular weight is 614 g/mol. The fourth-order valence-corrected chi connectivity index (χ4v) is 6.29. The smallest absolute Gasteiger partial charge is 0.258 e. The predicted molar refractivity (Wildman–Crippen MR) is 172 cm³/mol. The summed E-state index contributed by atoms with van der Waals surface area (Å²) in [7, 11) is 2.14. The Morgan fingerprint density at radius 3 is 2.64 bits per heavy atom. The summed E-state index contributed by atoms with van der Waals surface area (Å²) < 4.78 is 8.74. The molecule has 1 saturated heterocycles. The Morgan fingerprint density at radius 1 is 1.09 bits per heavy atom. The second-order valence-electron chi connectivity index (χ2n) is 11.9. The van der Waals surface area contributed by atoms with Crippen LogP contribution in [0.5, 0.6) is 17.2 Å². The minimum atomic E-state index is -1.06. The largest absolute Gasteiger partial charge is 0.507 e. The number of hydrogen-bond acceptors (Lipinski definition) is 9. The van der Waals surface area contributed by atoms with Crippen molar-refractivity contribution in [1.82, 2.24) is 19.4 Å². The number of benzene rings is 3. The molecule has 228 valence electrons. The normalized spacial score (nSPS) is 14.7. The van der Waals surface area contributed by atoms with Crippen molar-refractivity contribution in [3.8, 4) is 17.2 Å². The van der Waals surface area contributed by atoms with Gasteiger partial charge in [-0.2, -0.15) is 0 Å². The van der Waals surface area contributed by atoms with Gasteiger partial charge in [0.1, 0.15) is 17.2 Å². The fourth-order valence-electron chi connectivity index (χ4n) is 5.46. The van der Waals surface area contributed by atoms with E-state index in [2.05, 4.69) is 34.3 Å². The number of carbonyl (C=O) groups is 2. The molecule has 44 heavy (non-hydrogen) atoms. The standard InChI is InChI=1S/C33H35N5O5S/c1-33(2,42)20-38-26-15-21(18-37-12-10-36(3)11-13-37)7-8-25(26)34-32(38)35-31(41)23-16-22-9-14-44-30(22)29(17-23)43-28-6-4-5-27(40)24(28)19-39/h4-9,14-17,19,40,42H,10-13,18,20H2,1-3H3,(H,34,35,41). The van der Waals surface area contributed by atoms with E-state index in [0.29, 0.717) is 29.1 Å². The zero-order valence-electron chi connectivity index (χ0n) is 24.9. The molecular weight excluding hydrogens is 578 g/mol. The van der Waals surface area contributed by atoms with Crippen molar-refractivity contribution < 1.29 is 24.5 Å². The molecule has 3 N–H and O–H groups in total. The molecule has 6 rings (SSSR count). The molecule has 3 heterocycles. The molecule has 0 radical (unpaired) electrons. The van der Waals surface area contributed by atoms with Crippen LogP contribution in [0, 0.1) is 0 Å². The van der Waals surface area contributed by atoms with Crippen molar-refractivity contribution in [3.63, 3.8) is 0 Å². The minimum Gasteiger partial charge on any atom is -0.507 e. The lowest BCUT2D eigenvalue weighted by Crippen LogP contribution is -2.43. The van der Waals surface area contributed by atoms with Crippen LogP contribution in [0.15, 0.2) is 60.0 Å². The van der Waals surface area contributed by atoms with Crippen LogP contribution in [0.4, 0.5) is 5.95 Å². The predicted octanol–water partition coefficient (Wildman–Crippen LogP) is 5.33. The molecular formula is C33H35N5O5S. The van der Waals surface area contributed by atoms with Gasteiger partial charge < -0.3 is 24.4 Å². The molecule has 5 aromatic rings. The third-order valence-electron chi connectivity index (χ3n) is 7.75. The van der Waals surface area contributed by atoms with Gasteiger partial charge in [-0.05, 0) is 79.7 Å². The second-order valence-corrected chi connectivity index (χ2v) is 12.8. The summed E-state index contributed by atoms with van der Waals surface area (Å²) >= 11 is 1.44. The first-order valence-electron chi connectivity index (χ1n) is 14.5. The monoisotopic (exact) mass is 613 g/mol. The molecule has 10 nitrogen and oxygen atoms in total. The average Bonchev–Trinajstić information content (AvgIpc) is 3.58. The number of thiophene rings is 1. The number of aromatic hydroxyl groups is 1. The van der Waals surface area contributed by atoms with E-state index in [1.165, 1.54) is 17.4 Å². The van der Waals surface area contributed by atoms with Crippen molar-refractivity contribution in [2.75, 3.05) is 38.5 Å². The lowest BCUT2D eigenvalue weighted by Gasteiger charge is -2.32. The molecule has 1 fully saturated rings. The Kier molecular flexibility index (Phi) is 8.12. The van der Waals surface area contributed by atoms with Crippen LogP contribution in [0.25, 0.3) is 21.1 Å². The van der Waals surface area contributed by atoms with Gasteiger partial charge in [0.2, 0.25) is 5.95 Å². The lowest BCUT2D eigenvalue weighted by atomic mass is 10.1. The van der Waals surface area contributed by atoms with Crippen LogP contribution in [0.1, 0.15) is 40.1 Å². The molecule has 0 spiro atoms. The number of likely N-dealkylation sites (N-methyl/N-ethyl adjacent to an activating group) is 1. The van der Waals surface area contributed by atoms with Crippen molar-refractivity contribution in [1.29, 1.82) is 0 Å². The van der Waals surface area contributed by atoms with Crippen LogP contribution in [-0.4, -0.2) is 80.6 Å². The van der Waals surface area contributed by atoms with Crippen LogP contribution >= 0.6 is 11.3 Å². The van der Waals surface area contributed by atoms with E-state index in [9.17, 15) is 19.8 Å². The van der Waals surface area contributed by atoms with Gasteiger partial charge in [-0.15, -0.1) is 11.3 Å². The number of nitrogens with one attached hydrogen (secondary N) is 1. The molecule has 1 aliphatic heterocycles. The molecule has 0 bridgehead atoms. The van der Waals surface area contributed by atoms with Gasteiger partial charge in [-0.3, -0.25) is 19.8 Å². The van der Waals surface area contributed by atoms with Crippen LogP contribution in [0.2, 0.25) is 0 Å². The minimum absolute atomic E-state index is 0.0272. The van der Waals surface area contributed by atoms with E-state index in [1.807, 2.05) is 22.1 Å². The fraction of sp³-hybridized carbons (Fsp3) is 0.303. The van der Waals surface area contributed by atoms with Crippen molar-refractivity contribution >= 4 is 50.6 Å². The molecule has 0 unspecified atom stereocenters. The van der Waals surface area contributed by atoms with E-state index in [1.54, 1.807) is 38.1 Å². The Balaban J connectivity index is 1.32. The van der Waals surface area contributed by atoms with Gasteiger partial charge in [0.25, 0.3) is 5.91 Å². The number of fused-ring (bicyclic) bond motifs is 2. The Hall–Kier alpha value is -4.29. The van der Waals surface area contributed by atoms with Gasteiger partial charge in [-0.1, -0.05) is 12.1 Å². The Labute approximate surface area is 259 Å². The number of aldehydes is 1. The highest BCUT2D eigenvalue weighted by atomic mass is 32.1. The summed E-state index contributed by atoms with van der Waals surface area (Å²) in [4.78, 5) is 34.9. The summed E-state index contributed by atoms with van der Waals surface area (Å²) in [6, 6.07) is 16.0. The van der Waals surface area contributed by atoms with Crippen molar-refractivity contribution in [2.24, 2.45) is 0 Å². The topological polar surface area (TPSA) is 120 Å². The number of phenols is 1. The van der Waals surface area contributed by atoms with E-state index in [4.69, 9.17) is 9.72 Å². The summed E-state index contributed by atoms with van der Waals surface area (Å²) in [5.41, 5.74) is 1.99. The number of ether oxygens (including phenoxy) is 1. The molecule has 0 aliphatic carbocycles. The second kappa shape index (κ2) is 12.0. The number of anilines is 1. The number of nitrogens with zero attached hydrogens (tertiary/aromatic N) is 4. The number of imidazole rings is 1. The zero-order chi connectivity index (χ0) is 31.0. The number of hydrogen-bond donors (Lipinski definition) is 3. The Bertz CT molecular complexity index is 1850. The molecule has 0 atom stereocenters. The van der Waals surface area contributed by atoms with Crippen molar-refractivity contribution in [2.45, 2.75) is 32.5 Å². The van der Waals surface area contributed by atoms with Gasteiger partial charge in [0.05, 0.1) is 33.4 Å². The maximum Gasteiger partial charge on any atom is 0.258 e. The molecule has 0 saturated carbocycles. The molecule has 1 amide bonds. The number of carbonyl (C=O) groups excluding carboxylic acids is 2. The third kappa shape index (κ3) is 6.31. The van der Waals surface area contributed by atoms with Crippen LogP contribution < -0.4 is 10.1 Å². The van der Waals surface area contributed by atoms with E-state index < -0.39 is 11.5 Å². The third-order valence-corrected chi connectivity index (χ3v) is 8.69. The number of aromatic nitrogens is 2. The summed E-state index contributed by atoms with van der Waals surface area (Å²) in [6.45, 7) is 8.55. The van der Waals surface area contributed by atoms with Gasteiger partial charge in [0.15, 0.2) is 6.29 Å². The van der Waals surface area contributed by atoms with Gasteiger partial charge in [0, 0.05) is 38.3 Å². The lowest BCUT2D eigenvalue weighted by molar-refractivity contribution is 0.0630. The number of phenolic OH excluding ortho intramolecular Hbond substituents is 1. The summed E-state index contributed by atoms with van der Waals surface area (Å²) in [5.74, 6) is 0.306. The van der Waals surface area contributed by atoms with Gasteiger partial charge in [-0.25, -0.2) is 4.98 Å². The molecule has 1 aliphatic rings. The number of amides is 1. The summed E-state index contributed by atoms with van der Waals surface area (Å²) in [5, 5.41) is 26.6. The molecule has 3 aromatic carbocycles. The van der Waals surface area contributed by atoms with Crippen molar-refractivity contribution in [3.05, 3.63) is 76.7 Å². The van der Waals surface area contributed by atoms with E-state index in [-0.39, 0.29) is 23.6 Å². The SMILES string of the molecule is CN1CCN(Cc2ccc3nc(NC(=O)c4cc(Oc5cccc(O)c5C=O)c5sccc5c4)n(CC(C)(C)O)c3c2)CC1. The first-order chi connectivity index (χ1) is 21.1. The highest BCUT2D eigenvalue weighted by Crippen LogP contribution is 2.38. The van der Waals surface area contributed by atoms with E-state index in [0.717, 1.165) is 53.9 Å². The summed E-state index contributed by atoms with van der Waals surface area (Å²) in [6.07, 6.45) is 0.538. The quantitative estimate of drug-likeness (QED) is 0.191. The van der Waals surface area contributed by atoms with E-state index >= 15 is 0 Å². The van der Waals surface area contributed by atoms with Gasteiger partial charge >= 0.3 is 0 Å². The number of rotatable bonds is 9. The first-order valence-corrected chi connectivity index (χ1v) is 15.4. The zero-order valence-corrected chi connectivity index (χ0v) is 25.7. The Morgan fingerprint density at radius 2 is 1.89 bits per heavy atom. The highest BCUT2D eigenvalue weighted by molar-refractivity contribution is 7.17. The molecule has 11 heteroatoms. The maximum atomic E-state index is 13.7. The number of piperazine rings is 1. The highest BCUT2D eigenvalue weighted by Gasteiger charge is 2.23. The van der Waals surface area contributed by atoms with Crippen LogP contribution in [-0.2, 0) is 13.1 Å². The first kappa shape index (κ1) is 29.8. The molecule has 2 aromatic heterocycles. The maximum absolute atomic E-state index is 13.7. The number of aliphatic hydroxyl groups is 1.